The van der Waals surface area contributed by atoms with Crippen LogP contribution in [0.4, 0.5) is 5.69 Å². The molecule has 2 aromatic rings. The summed E-state index contributed by atoms with van der Waals surface area (Å²) < 4.78 is 33.1. The van der Waals surface area contributed by atoms with Gasteiger partial charge in [0.05, 0.1) is 23.8 Å². The molecule has 6 nitrogen and oxygen atoms in total. The second kappa shape index (κ2) is 8.10. The number of rotatable bonds is 5. The number of sulfonamides is 1. The summed E-state index contributed by atoms with van der Waals surface area (Å²) in [5, 5.41) is 0. The van der Waals surface area contributed by atoms with Crippen molar-refractivity contribution >= 4 is 21.6 Å². The smallest absolute Gasteiger partial charge is 0.264 e. The average molecular weight is 388 g/mol. The van der Waals surface area contributed by atoms with Crippen molar-refractivity contribution in [3.8, 4) is 0 Å². The van der Waals surface area contributed by atoms with Gasteiger partial charge in [-0.15, -0.1) is 0 Å². The summed E-state index contributed by atoms with van der Waals surface area (Å²) in [5.41, 5.74) is 2.38. The van der Waals surface area contributed by atoms with E-state index in [9.17, 15) is 13.2 Å². The van der Waals surface area contributed by atoms with Crippen molar-refractivity contribution in [2.24, 2.45) is 0 Å². The lowest BCUT2D eigenvalue weighted by molar-refractivity contribution is -0.133. The number of carbonyl (C=O) groups excluding carboxylic acids is 1. The van der Waals surface area contributed by atoms with E-state index in [1.165, 1.54) is 4.31 Å². The second-order valence-electron chi connectivity index (χ2n) is 6.66. The Labute approximate surface area is 160 Å². The van der Waals surface area contributed by atoms with Crippen LogP contribution < -0.4 is 4.31 Å². The summed E-state index contributed by atoms with van der Waals surface area (Å²) in [4.78, 5) is 14.6. The van der Waals surface area contributed by atoms with Gasteiger partial charge in [-0.25, -0.2) is 8.42 Å². The van der Waals surface area contributed by atoms with Gasteiger partial charge in [-0.1, -0.05) is 29.8 Å². The molecular formula is C20H24N2O4S. The van der Waals surface area contributed by atoms with Gasteiger partial charge < -0.3 is 9.64 Å². The first-order valence-electron chi connectivity index (χ1n) is 8.89. The molecule has 0 unspecified atom stereocenters. The fourth-order valence-corrected chi connectivity index (χ4v) is 4.38. The number of nitrogens with zero attached hydrogens (tertiary/aromatic N) is 2. The highest BCUT2D eigenvalue weighted by Gasteiger charge is 2.29. The van der Waals surface area contributed by atoms with Crippen molar-refractivity contribution in [3.63, 3.8) is 0 Å². The Morgan fingerprint density at radius 3 is 2.33 bits per heavy atom. The molecule has 0 bridgehead atoms. The Kier molecular flexibility index (Phi) is 5.82. The van der Waals surface area contributed by atoms with Gasteiger partial charge in [0.15, 0.2) is 0 Å². The van der Waals surface area contributed by atoms with E-state index in [1.54, 1.807) is 47.4 Å². The highest BCUT2D eigenvalue weighted by atomic mass is 32.2. The van der Waals surface area contributed by atoms with Gasteiger partial charge in [0.25, 0.3) is 10.0 Å². The van der Waals surface area contributed by atoms with Gasteiger partial charge in [0.2, 0.25) is 5.91 Å². The topological polar surface area (TPSA) is 66.9 Å². The molecule has 0 saturated carbocycles. The van der Waals surface area contributed by atoms with Gasteiger partial charge in [-0.3, -0.25) is 9.10 Å². The molecule has 1 fully saturated rings. The molecular weight excluding hydrogens is 364 g/mol. The Balaban J connectivity index is 1.96. The summed E-state index contributed by atoms with van der Waals surface area (Å²) in [5.74, 6) is -0.226. The van der Waals surface area contributed by atoms with Crippen LogP contribution in [0.15, 0.2) is 53.4 Å². The molecule has 0 N–H and O–H groups in total. The van der Waals surface area contributed by atoms with E-state index in [2.05, 4.69) is 0 Å². The highest BCUT2D eigenvalue weighted by Crippen LogP contribution is 2.25. The highest BCUT2D eigenvalue weighted by molar-refractivity contribution is 7.92. The predicted octanol–water partition coefficient (Wildman–Crippen LogP) is 2.36. The Hall–Kier alpha value is -2.38. The zero-order chi connectivity index (χ0) is 19.4. The molecule has 1 aliphatic rings. The quantitative estimate of drug-likeness (QED) is 0.789. The van der Waals surface area contributed by atoms with Crippen molar-refractivity contribution in [1.82, 2.24) is 4.90 Å². The summed E-state index contributed by atoms with van der Waals surface area (Å²) in [6, 6.07) is 13.8. The lowest BCUT2D eigenvalue weighted by atomic mass is 10.2. The van der Waals surface area contributed by atoms with Crippen LogP contribution in [0.2, 0.25) is 0 Å². The van der Waals surface area contributed by atoms with Crippen molar-refractivity contribution in [1.29, 1.82) is 0 Å². The van der Waals surface area contributed by atoms with E-state index in [0.29, 0.717) is 32.0 Å². The fraction of sp³-hybridized carbons (Fsp3) is 0.350. The molecule has 1 heterocycles. The molecule has 0 aliphatic carbocycles. The number of morpholine rings is 1. The van der Waals surface area contributed by atoms with Crippen LogP contribution in [0.25, 0.3) is 0 Å². The number of aryl methyl sites for hydroxylation is 2. The zero-order valence-corrected chi connectivity index (χ0v) is 16.4. The van der Waals surface area contributed by atoms with E-state index < -0.39 is 10.0 Å². The SMILES string of the molecule is Cc1ccc(S(=O)(=O)N(CC(=O)N2CCOCC2)c2cccc(C)c2)cc1. The minimum absolute atomic E-state index is 0.171. The fourth-order valence-electron chi connectivity index (χ4n) is 2.97. The molecule has 1 saturated heterocycles. The minimum Gasteiger partial charge on any atom is -0.378 e. The maximum atomic E-state index is 13.3. The van der Waals surface area contributed by atoms with Crippen LogP contribution in [0.1, 0.15) is 11.1 Å². The summed E-state index contributed by atoms with van der Waals surface area (Å²) in [6.45, 7) is 5.46. The lowest BCUT2D eigenvalue weighted by Crippen LogP contribution is -2.47. The first-order valence-corrected chi connectivity index (χ1v) is 10.3. The van der Waals surface area contributed by atoms with Crippen molar-refractivity contribution in [3.05, 3.63) is 59.7 Å². The normalized spacial score (nSPS) is 14.8. The first kappa shape index (κ1) is 19.4. The van der Waals surface area contributed by atoms with Crippen LogP contribution in [0.3, 0.4) is 0 Å². The number of benzene rings is 2. The van der Waals surface area contributed by atoms with E-state index in [4.69, 9.17) is 4.74 Å². The number of carbonyl (C=O) groups is 1. The third-order valence-corrected chi connectivity index (χ3v) is 6.33. The molecule has 2 aromatic carbocycles. The third kappa shape index (κ3) is 4.48. The zero-order valence-electron chi connectivity index (χ0n) is 15.6. The summed E-state index contributed by atoms with van der Waals surface area (Å²) in [7, 11) is -3.87. The average Bonchev–Trinajstić information content (AvgIpc) is 2.67. The Morgan fingerprint density at radius 1 is 1.04 bits per heavy atom. The lowest BCUT2D eigenvalue weighted by Gasteiger charge is -2.30. The maximum absolute atomic E-state index is 13.3. The minimum atomic E-state index is -3.87. The second-order valence-corrected chi connectivity index (χ2v) is 8.52. The number of hydrogen-bond donors (Lipinski definition) is 0. The van der Waals surface area contributed by atoms with Gasteiger partial charge >= 0.3 is 0 Å². The van der Waals surface area contributed by atoms with Gasteiger partial charge in [-0.2, -0.15) is 0 Å². The van der Waals surface area contributed by atoms with Crippen LogP contribution >= 0.6 is 0 Å². The molecule has 144 valence electrons. The van der Waals surface area contributed by atoms with Crippen LogP contribution in [0.5, 0.6) is 0 Å². The van der Waals surface area contributed by atoms with Gasteiger partial charge in [0, 0.05) is 13.1 Å². The molecule has 1 amide bonds. The molecule has 0 atom stereocenters. The van der Waals surface area contributed by atoms with E-state index in [1.807, 2.05) is 19.9 Å². The number of anilines is 1. The Bertz CT molecular complexity index is 904. The molecule has 0 spiro atoms. The monoisotopic (exact) mass is 388 g/mol. The third-order valence-electron chi connectivity index (χ3n) is 4.54. The van der Waals surface area contributed by atoms with Crippen molar-refractivity contribution in [2.75, 3.05) is 37.2 Å². The predicted molar refractivity (Wildman–Crippen MR) is 104 cm³/mol. The molecule has 1 aliphatic heterocycles. The van der Waals surface area contributed by atoms with Crippen LogP contribution in [0, 0.1) is 13.8 Å². The summed E-state index contributed by atoms with van der Waals surface area (Å²) in [6.07, 6.45) is 0. The van der Waals surface area contributed by atoms with E-state index >= 15 is 0 Å². The first-order chi connectivity index (χ1) is 12.9. The van der Waals surface area contributed by atoms with Crippen molar-refractivity contribution in [2.45, 2.75) is 18.7 Å². The molecule has 27 heavy (non-hydrogen) atoms. The molecule has 0 radical (unpaired) electrons. The Morgan fingerprint density at radius 2 is 1.70 bits per heavy atom. The van der Waals surface area contributed by atoms with Gasteiger partial charge in [-0.05, 0) is 43.7 Å². The van der Waals surface area contributed by atoms with E-state index in [-0.39, 0.29) is 17.3 Å². The van der Waals surface area contributed by atoms with Crippen molar-refractivity contribution < 1.29 is 17.9 Å². The van der Waals surface area contributed by atoms with Gasteiger partial charge in [0.1, 0.15) is 6.54 Å². The molecule has 0 aromatic heterocycles. The number of hydrogen-bond acceptors (Lipinski definition) is 4. The molecule has 7 heteroatoms. The van der Waals surface area contributed by atoms with Crippen LogP contribution in [-0.2, 0) is 19.6 Å². The largest absolute Gasteiger partial charge is 0.378 e. The number of amides is 1. The number of ether oxygens (including phenoxy) is 1. The van der Waals surface area contributed by atoms with E-state index in [0.717, 1.165) is 11.1 Å². The van der Waals surface area contributed by atoms with Crippen LogP contribution in [-0.4, -0.2) is 52.1 Å². The molecule has 3 rings (SSSR count). The standard InChI is InChI=1S/C20H24N2O4S/c1-16-6-8-19(9-7-16)27(24,25)22(18-5-3-4-17(2)14-18)15-20(23)21-10-12-26-13-11-21/h3-9,14H,10-13,15H2,1-2H3. The summed E-state index contributed by atoms with van der Waals surface area (Å²) >= 11 is 0. The maximum Gasteiger partial charge on any atom is 0.264 e.